The van der Waals surface area contributed by atoms with E-state index in [1.54, 1.807) is 18.6 Å². The molecule has 0 aliphatic carbocycles. The van der Waals surface area contributed by atoms with E-state index >= 15 is 0 Å². The monoisotopic (exact) mass is 632 g/mol. The van der Waals surface area contributed by atoms with Crippen LogP contribution in [-0.2, 0) is 0 Å². The molecular formula is C33H43Cl3N4O2. The molecule has 0 aliphatic heterocycles. The Morgan fingerprint density at radius 2 is 1.02 bits per heavy atom. The van der Waals surface area contributed by atoms with Crippen molar-refractivity contribution >= 4 is 34.8 Å². The van der Waals surface area contributed by atoms with E-state index in [-0.39, 0.29) is 0 Å². The highest BCUT2D eigenvalue weighted by molar-refractivity contribution is 6.35. The summed E-state index contributed by atoms with van der Waals surface area (Å²) < 4.78 is 1.54. The van der Waals surface area contributed by atoms with Crippen LogP contribution in [0.2, 0.25) is 15.1 Å². The lowest BCUT2D eigenvalue weighted by molar-refractivity contribution is -0.605. The zero-order valence-electron chi connectivity index (χ0n) is 26.0. The maximum Gasteiger partial charge on any atom is 0.199 e. The molecule has 4 aromatic rings. The van der Waals surface area contributed by atoms with Crippen LogP contribution in [0.4, 0.5) is 0 Å². The van der Waals surface area contributed by atoms with Gasteiger partial charge in [-0.05, 0) is 65.0 Å². The zero-order valence-corrected chi connectivity index (χ0v) is 28.2. The highest BCUT2D eigenvalue weighted by Gasteiger charge is 2.12. The summed E-state index contributed by atoms with van der Waals surface area (Å²) in [5.41, 5.74) is 5.54. The first-order chi connectivity index (χ1) is 19.6. The number of hydrogen-bond donors (Lipinski definition) is 0. The van der Waals surface area contributed by atoms with Crippen LogP contribution >= 0.6 is 34.8 Å². The average Bonchev–Trinajstić information content (AvgIpc) is 2.89. The first kappa shape index (κ1) is 37.1. The summed E-state index contributed by atoms with van der Waals surface area (Å²) in [5, 5.41) is 23.3. The van der Waals surface area contributed by atoms with Gasteiger partial charge >= 0.3 is 0 Å². The predicted octanol–water partition coefficient (Wildman–Crippen LogP) is 9.57. The van der Waals surface area contributed by atoms with E-state index in [4.69, 9.17) is 34.8 Å². The summed E-state index contributed by atoms with van der Waals surface area (Å²) in [7, 11) is 0. The minimum atomic E-state index is 0.345. The van der Waals surface area contributed by atoms with Gasteiger partial charge in [0.15, 0.2) is 24.8 Å². The molecule has 0 bridgehead atoms. The normalized spacial score (nSPS) is 10.5. The minimum Gasteiger partial charge on any atom is -0.619 e. The standard InChI is InChI=1S/C9H12ClNO.C8H9Cl2N.C8H11NO.C8H11N/c1-6(2)9-7(3)4-11(12)5-8(9)10;1-5(2)8-6(9)3-11-4-7(8)10;1-7(2)8-3-5-9(10)6-4-8;1-7(2)8-3-5-9-6-4-8/h4-6H,1-3H3;3-5H,1-2H3;3-7H,1-2H3;3-7H,1-2H3. The number of hydrogen-bond acceptors (Lipinski definition) is 4. The topological polar surface area (TPSA) is 79.7 Å². The largest absolute Gasteiger partial charge is 0.619 e. The first-order valence-corrected chi connectivity index (χ1v) is 15.0. The van der Waals surface area contributed by atoms with E-state index in [1.807, 2.05) is 57.4 Å². The van der Waals surface area contributed by atoms with Crippen molar-refractivity contribution in [1.29, 1.82) is 0 Å². The van der Waals surface area contributed by atoms with E-state index < -0.39 is 0 Å². The van der Waals surface area contributed by atoms with Crippen LogP contribution < -0.4 is 9.46 Å². The van der Waals surface area contributed by atoms with Gasteiger partial charge in [0.1, 0.15) is 5.02 Å². The van der Waals surface area contributed by atoms with Crippen molar-refractivity contribution < 1.29 is 9.46 Å². The molecule has 0 spiro atoms. The quantitative estimate of drug-likeness (QED) is 0.166. The molecule has 9 heteroatoms. The van der Waals surface area contributed by atoms with Crippen LogP contribution in [0.3, 0.4) is 0 Å². The Labute approximate surface area is 266 Å². The second-order valence-electron chi connectivity index (χ2n) is 11.0. The molecule has 0 fully saturated rings. The molecular weight excluding hydrogens is 591 g/mol. The van der Waals surface area contributed by atoms with Crippen LogP contribution in [0.25, 0.3) is 0 Å². The molecule has 0 N–H and O–H groups in total. The van der Waals surface area contributed by atoms with Gasteiger partial charge in [-0.2, -0.15) is 9.46 Å². The third-order valence-electron chi connectivity index (χ3n) is 6.16. The molecule has 4 heterocycles. The van der Waals surface area contributed by atoms with Crippen LogP contribution in [0.5, 0.6) is 0 Å². The van der Waals surface area contributed by atoms with Gasteiger partial charge in [0, 0.05) is 42.5 Å². The van der Waals surface area contributed by atoms with Gasteiger partial charge in [-0.25, -0.2) is 0 Å². The summed E-state index contributed by atoms with van der Waals surface area (Å²) in [6.07, 6.45) is 12.9. The highest BCUT2D eigenvalue weighted by Crippen LogP contribution is 2.29. The SMILES string of the molecule is CC(C)c1c(Cl)cncc1Cl.CC(C)c1cc[n+]([O-])cc1.CC(C)c1ccncc1.Cc1c[n+]([O-])cc(Cl)c1C(C)C. The molecule has 0 aliphatic rings. The van der Waals surface area contributed by atoms with Gasteiger partial charge in [0.2, 0.25) is 0 Å². The minimum absolute atomic E-state index is 0.345. The van der Waals surface area contributed by atoms with Crippen LogP contribution in [0.15, 0.2) is 73.8 Å². The second-order valence-corrected chi connectivity index (χ2v) is 12.2. The lowest BCUT2D eigenvalue weighted by Crippen LogP contribution is -2.26. The summed E-state index contributed by atoms with van der Waals surface area (Å²) in [5.74, 6) is 1.82. The summed E-state index contributed by atoms with van der Waals surface area (Å²) in [6.45, 7) is 18.7. The van der Waals surface area contributed by atoms with Crippen molar-refractivity contribution in [2.45, 2.75) is 86.0 Å². The molecule has 6 nitrogen and oxygen atoms in total. The third kappa shape index (κ3) is 12.9. The predicted molar refractivity (Wildman–Crippen MR) is 175 cm³/mol. The smallest absolute Gasteiger partial charge is 0.199 e. The molecule has 0 radical (unpaired) electrons. The van der Waals surface area contributed by atoms with Crippen molar-refractivity contribution in [3.8, 4) is 0 Å². The zero-order chi connectivity index (χ0) is 32.0. The van der Waals surface area contributed by atoms with Crippen LogP contribution in [0.1, 0.15) is 107 Å². The molecule has 4 aromatic heterocycles. The van der Waals surface area contributed by atoms with E-state index in [2.05, 4.69) is 51.5 Å². The highest BCUT2D eigenvalue weighted by atomic mass is 35.5. The van der Waals surface area contributed by atoms with Crippen molar-refractivity contribution in [2.24, 2.45) is 0 Å². The van der Waals surface area contributed by atoms with E-state index in [0.29, 0.717) is 38.7 Å². The summed E-state index contributed by atoms with van der Waals surface area (Å²) in [6, 6.07) is 7.78. The van der Waals surface area contributed by atoms with E-state index in [0.717, 1.165) is 26.2 Å². The molecule has 0 saturated carbocycles. The number of aromatic nitrogens is 4. The molecule has 0 saturated heterocycles. The van der Waals surface area contributed by atoms with Gasteiger partial charge in [0.25, 0.3) is 0 Å². The second kappa shape index (κ2) is 18.6. The fraction of sp³-hybridized carbons (Fsp3) is 0.394. The molecule has 0 amide bonds. The van der Waals surface area contributed by atoms with Crippen LogP contribution in [-0.4, -0.2) is 9.97 Å². The Kier molecular flexibility index (Phi) is 16.4. The average molecular weight is 634 g/mol. The number of halogens is 3. The van der Waals surface area contributed by atoms with Gasteiger partial charge in [-0.1, -0.05) is 90.2 Å². The van der Waals surface area contributed by atoms with Crippen LogP contribution in [0, 0.1) is 17.3 Å². The lowest BCUT2D eigenvalue weighted by Gasteiger charge is -2.10. The molecule has 4 rings (SSSR count). The number of nitrogens with zero attached hydrogens (tertiary/aromatic N) is 4. The Morgan fingerprint density at radius 3 is 1.38 bits per heavy atom. The maximum absolute atomic E-state index is 10.9. The Morgan fingerprint density at radius 1 is 0.571 bits per heavy atom. The van der Waals surface area contributed by atoms with Gasteiger partial charge in [-0.3, -0.25) is 9.97 Å². The van der Waals surface area contributed by atoms with Gasteiger partial charge in [-0.15, -0.1) is 0 Å². The number of rotatable bonds is 4. The van der Waals surface area contributed by atoms with E-state index in [9.17, 15) is 10.4 Å². The Balaban J connectivity index is 0.000000281. The van der Waals surface area contributed by atoms with Crippen molar-refractivity contribution in [1.82, 2.24) is 9.97 Å². The Hall–Kier alpha value is -2.93. The van der Waals surface area contributed by atoms with Gasteiger partial charge in [0.05, 0.1) is 10.0 Å². The van der Waals surface area contributed by atoms with Crippen molar-refractivity contribution in [2.75, 3.05) is 0 Å². The molecule has 0 unspecified atom stereocenters. The summed E-state index contributed by atoms with van der Waals surface area (Å²) >= 11 is 17.7. The molecule has 0 aromatic carbocycles. The molecule has 42 heavy (non-hydrogen) atoms. The number of pyridine rings is 4. The maximum atomic E-state index is 10.9. The fourth-order valence-electron chi connectivity index (χ4n) is 3.93. The first-order valence-electron chi connectivity index (χ1n) is 13.9. The van der Waals surface area contributed by atoms with Crippen molar-refractivity contribution in [3.05, 3.63) is 127 Å². The summed E-state index contributed by atoms with van der Waals surface area (Å²) in [4.78, 5) is 7.79. The van der Waals surface area contributed by atoms with E-state index in [1.165, 1.54) is 29.7 Å². The van der Waals surface area contributed by atoms with Gasteiger partial charge < -0.3 is 10.4 Å². The fourth-order valence-corrected chi connectivity index (χ4v) is 5.19. The molecule has 0 atom stereocenters. The molecule has 228 valence electrons. The van der Waals surface area contributed by atoms with Crippen molar-refractivity contribution in [3.63, 3.8) is 0 Å². The Bertz CT molecular complexity index is 1300. The lowest BCUT2D eigenvalue weighted by atomic mass is 10.0. The third-order valence-corrected chi connectivity index (χ3v) is 7.06. The number of aryl methyl sites for hydroxylation is 1.